The van der Waals surface area contributed by atoms with E-state index >= 15 is 0 Å². The van der Waals surface area contributed by atoms with Gasteiger partial charge in [0.1, 0.15) is 0 Å². The second-order valence-corrected chi connectivity index (χ2v) is 3.83. The molecule has 1 aliphatic carbocycles. The highest BCUT2D eigenvalue weighted by Gasteiger charge is 2.20. The molecule has 0 atom stereocenters. The van der Waals surface area contributed by atoms with Crippen LogP contribution in [0.5, 0.6) is 0 Å². The molecule has 0 amide bonds. The molecule has 0 radical (unpaired) electrons. The lowest BCUT2D eigenvalue weighted by Gasteiger charge is -2.09. The average molecular weight is 205 g/mol. The van der Waals surface area contributed by atoms with Crippen LogP contribution in [0.1, 0.15) is 11.1 Å². The summed E-state index contributed by atoms with van der Waals surface area (Å²) < 4.78 is 4.59. The van der Waals surface area contributed by atoms with Gasteiger partial charge in [-0.15, -0.1) is 0 Å². The van der Waals surface area contributed by atoms with Crippen LogP contribution < -0.4 is 5.32 Å². The molecule has 0 bridgehead atoms. The molecule has 3 nitrogen and oxygen atoms in total. The first kappa shape index (κ1) is 10.2. The van der Waals surface area contributed by atoms with Crippen LogP contribution in [0.4, 0.5) is 0 Å². The number of fused-ring (bicyclic) bond motifs is 1. The van der Waals surface area contributed by atoms with E-state index in [1.54, 1.807) is 0 Å². The van der Waals surface area contributed by atoms with Crippen LogP contribution in [0.25, 0.3) is 0 Å². The number of benzene rings is 1. The number of carbonyl (C=O) groups excluding carboxylic acids is 1. The molecule has 0 saturated heterocycles. The molecule has 0 unspecified atom stereocenters. The van der Waals surface area contributed by atoms with Gasteiger partial charge in [0.15, 0.2) is 0 Å². The number of esters is 1. The van der Waals surface area contributed by atoms with E-state index in [-0.39, 0.29) is 5.97 Å². The van der Waals surface area contributed by atoms with E-state index in [0.29, 0.717) is 12.6 Å². The predicted molar refractivity (Wildman–Crippen MR) is 57.7 cm³/mol. The number of rotatable bonds is 3. The van der Waals surface area contributed by atoms with Crippen molar-refractivity contribution >= 4 is 5.97 Å². The lowest BCUT2D eigenvalue weighted by molar-refractivity contribution is -0.139. The number of hydrogen-bond donors (Lipinski definition) is 1. The van der Waals surface area contributed by atoms with E-state index in [1.807, 2.05) is 0 Å². The van der Waals surface area contributed by atoms with Gasteiger partial charge in [-0.05, 0) is 24.0 Å². The van der Waals surface area contributed by atoms with Gasteiger partial charge >= 0.3 is 5.97 Å². The SMILES string of the molecule is COC(=O)CNC1Cc2ccccc2C1. The first-order valence-corrected chi connectivity index (χ1v) is 5.16. The summed E-state index contributed by atoms with van der Waals surface area (Å²) in [5.74, 6) is -0.203. The minimum atomic E-state index is -0.203. The summed E-state index contributed by atoms with van der Waals surface area (Å²) in [7, 11) is 1.41. The fourth-order valence-electron chi connectivity index (χ4n) is 2.00. The molecule has 0 heterocycles. The highest BCUT2D eigenvalue weighted by Crippen LogP contribution is 2.21. The molecule has 0 aliphatic heterocycles. The third kappa shape index (κ3) is 2.36. The highest BCUT2D eigenvalue weighted by atomic mass is 16.5. The molecule has 2 rings (SSSR count). The van der Waals surface area contributed by atoms with Crippen LogP contribution in [-0.4, -0.2) is 25.7 Å². The van der Waals surface area contributed by atoms with E-state index in [4.69, 9.17) is 0 Å². The van der Waals surface area contributed by atoms with Gasteiger partial charge in [0, 0.05) is 6.04 Å². The Balaban J connectivity index is 1.88. The number of hydrogen-bond acceptors (Lipinski definition) is 3. The largest absolute Gasteiger partial charge is 0.468 e. The second kappa shape index (κ2) is 4.45. The Labute approximate surface area is 89.4 Å². The summed E-state index contributed by atoms with van der Waals surface area (Å²) in [4.78, 5) is 11.0. The van der Waals surface area contributed by atoms with Gasteiger partial charge in [-0.1, -0.05) is 24.3 Å². The zero-order valence-electron chi connectivity index (χ0n) is 8.82. The fourth-order valence-corrected chi connectivity index (χ4v) is 2.00. The van der Waals surface area contributed by atoms with E-state index < -0.39 is 0 Å². The molecule has 0 spiro atoms. The monoisotopic (exact) mass is 205 g/mol. The minimum Gasteiger partial charge on any atom is -0.468 e. The molecule has 3 heteroatoms. The molecule has 1 aliphatic rings. The maximum atomic E-state index is 11.0. The average Bonchev–Trinajstić information content (AvgIpc) is 2.68. The highest BCUT2D eigenvalue weighted by molar-refractivity contribution is 5.71. The first-order chi connectivity index (χ1) is 7.29. The number of ether oxygens (including phenoxy) is 1. The quantitative estimate of drug-likeness (QED) is 0.746. The molecule has 1 aromatic rings. The van der Waals surface area contributed by atoms with Crippen LogP contribution in [0.2, 0.25) is 0 Å². The molecule has 1 N–H and O–H groups in total. The number of nitrogens with one attached hydrogen (secondary N) is 1. The van der Waals surface area contributed by atoms with Gasteiger partial charge in [0.05, 0.1) is 13.7 Å². The van der Waals surface area contributed by atoms with Crippen molar-refractivity contribution in [2.75, 3.05) is 13.7 Å². The maximum Gasteiger partial charge on any atom is 0.319 e. The summed E-state index contributed by atoms with van der Waals surface area (Å²) in [6.45, 7) is 0.301. The lowest BCUT2D eigenvalue weighted by atomic mass is 10.1. The summed E-state index contributed by atoms with van der Waals surface area (Å²) in [6.07, 6.45) is 2.01. The predicted octanol–water partition coefficient (Wildman–Crippen LogP) is 0.916. The van der Waals surface area contributed by atoms with Crippen molar-refractivity contribution in [3.05, 3.63) is 35.4 Å². The third-order valence-corrected chi connectivity index (χ3v) is 2.81. The van der Waals surface area contributed by atoms with Crippen molar-refractivity contribution in [2.24, 2.45) is 0 Å². The van der Waals surface area contributed by atoms with Gasteiger partial charge in [-0.25, -0.2) is 0 Å². The van der Waals surface area contributed by atoms with E-state index in [9.17, 15) is 4.79 Å². The zero-order valence-corrected chi connectivity index (χ0v) is 8.82. The Kier molecular flexibility index (Phi) is 3.02. The van der Waals surface area contributed by atoms with Crippen LogP contribution in [0, 0.1) is 0 Å². The Morgan fingerprint density at radius 1 is 1.40 bits per heavy atom. The lowest BCUT2D eigenvalue weighted by Crippen LogP contribution is -2.34. The summed E-state index contributed by atoms with van der Waals surface area (Å²) >= 11 is 0. The van der Waals surface area contributed by atoms with Crippen LogP contribution in [0.15, 0.2) is 24.3 Å². The smallest absolute Gasteiger partial charge is 0.319 e. The van der Waals surface area contributed by atoms with Crippen molar-refractivity contribution in [3.8, 4) is 0 Å². The maximum absolute atomic E-state index is 11.0. The van der Waals surface area contributed by atoms with Crippen LogP contribution >= 0.6 is 0 Å². The Hall–Kier alpha value is -1.35. The number of methoxy groups -OCH3 is 1. The van der Waals surface area contributed by atoms with Gasteiger partial charge in [0.25, 0.3) is 0 Å². The molecule has 1 aromatic carbocycles. The van der Waals surface area contributed by atoms with Gasteiger partial charge in [0.2, 0.25) is 0 Å². The third-order valence-electron chi connectivity index (χ3n) is 2.81. The topological polar surface area (TPSA) is 38.3 Å². The fraction of sp³-hybridized carbons (Fsp3) is 0.417. The number of carbonyl (C=O) groups is 1. The first-order valence-electron chi connectivity index (χ1n) is 5.16. The van der Waals surface area contributed by atoms with Gasteiger partial charge in [-0.3, -0.25) is 4.79 Å². The van der Waals surface area contributed by atoms with Crippen molar-refractivity contribution in [3.63, 3.8) is 0 Å². The summed E-state index contributed by atoms with van der Waals surface area (Å²) in [5.41, 5.74) is 2.78. The standard InChI is InChI=1S/C12H15NO2/c1-15-12(14)8-13-11-6-9-4-2-3-5-10(9)7-11/h2-5,11,13H,6-8H2,1H3. The van der Waals surface area contributed by atoms with Gasteiger partial charge < -0.3 is 10.1 Å². The zero-order chi connectivity index (χ0) is 10.7. The van der Waals surface area contributed by atoms with E-state index in [2.05, 4.69) is 34.3 Å². The molecule has 0 saturated carbocycles. The second-order valence-electron chi connectivity index (χ2n) is 3.83. The van der Waals surface area contributed by atoms with Crippen LogP contribution in [-0.2, 0) is 22.4 Å². The van der Waals surface area contributed by atoms with Crippen molar-refractivity contribution in [1.82, 2.24) is 5.32 Å². The molecule has 0 aromatic heterocycles. The van der Waals surface area contributed by atoms with Crippen molar-refractivity contribution in [1.29, 1.82) is 0 Å². The Bertz CT molecular complexity index is 337. The normalized spacial score (nSPS) is 15.0. The molecular weight excluding hydrogens is 190 g/mol. The van der Waals surface area contributed by atoms with E-state index in [1.165, 1.54) is 18.2 Å². The molecular formula is C12H15NO2. The van der Waals surface area contributed by atoms with Crippen molar-refractivity contribution in [2.45, 2.75) is 18.9 Å². The molecule has 80 valence electrons. The van der Waals surface area contributed by atoms with E-state index in [0.717, 1.165) is 12.8 Å². The minimum absolute atomic E-state index is 0.203. The summed E-state index contributed by atoms with van der Waals surface area (Å²) in [6, 6.07) is 8.79. The summed E-state index contributed by atoms with van der Waals surface area (Å²) in [5, 5.41) is 3.20. The van der Waals surface area contributed by atoms with Gasteiger partial charge in [-0.2, -0.15) is 0 Å². The molecule has 0 fully saturated rings. The Morgan fingerprint density at radius 3 is 2.53 bits per heavy atom. The molecule has 15 heavy (non-hydrogen) atoms. The van der Waals surface area contributed by atoms with Crippen molar-refractivity contribution < 1.29 is 9.53 Å². The van der Waals surface area contributed by atoms with Crippen LogP contribution in [0.3, 0.4) is 0 Å². The Morgan fingerprint density at radius 2 is 2.00 bits per heavy atom.